The van der Waals surface area contributed by atoms with Gasteiger partial charge in [0.1, 0.15) is 5.82 Å². The van der Waals surface area contributed by atoms with Gasteiger partial charge in [0.2, 0.25) is 0 Å². The molecule has 0 spiro atoms. The molecule has 1 aliphatic rings. The highest BCUT2D eigenvalue weighted by atomic mass is 15.3. The van der Waals surface area contributed by atoms with E-state index in [9.17, 15) is 0 Å². The maximum Gasteiger partial charge on any atom is 0.151 e. The second-order valence-electron chi connectivity index (χ2n) is 5.63. The third kappa shape index (κ3) is 2.37. The summed E-state index contributed by atoms with van der Waals surface area (Å²) in [5, 5.41) is 8.02. The molecule has 1 N–H and O–H groups in total. The standard InChI is InChI=1S/C13H24N4/c1-5-13(6-7-14-9-13)12-15-11(8-10(2)3)16-17(12)4/h10,14H,5-9H2,1-4H3. The summed E-state index contributed by atoms with van der Waals surface area (Å²) in [7, 11) is 2.03. The summed E-state index contributed by atoms with van der Waals surface area (Å²) in [4.78, 5) is 4.79. The van der Waals surface area contributed by atoms with Crippen LogP contribution in [0.5, 0.6) is 0 Å². The van der Waals surface area contributed by atoms with E-state index in [2.05, 4.69) is 31.2 Å². The fourth-order valence-corrected chi connectivity index (χ4v) is 2.75. The van der Waals surface area contributed by atoms with Crippen molar-refractivity contribution >= 4 is 0 Å². The van der Waals surface area contributed by atoms with Gasteiger partial charge in [-0.05, 0) is 25.3 Å². The first-order valence-electron chi connectivity index (χ1n) is 6.68. The lowest BCUT2D eigenvalue weighted by atomic mass is 9.83. The van der Waals surface area contributed by atoms with Gasteiger partial charge in [-0.1, -0.05) is 20.8 Å². The van der Waals surface area contributed by atoms with E-state index in [0.29, 0.717) is 5.92 Å². The summed E-state index contributed by atoms with van der Waals surface area (Å²) in [6.07, 6.45) is 3.28. The first kappa shape index (κ1) is 12.6. The van der Waals surface area contributed by atoms with Crippen LogP contribution in [0, 0.1) is 5.92 Å². The summed E-state index contributed by atoms with van der Waals surface area (Å²) in [6, 6.07) is 0. The van der Waals surface area contributed by atoms with E-state index in [1.54, 1.807) is 0 Å². The SMILES string of the molecule is CCC1(c2nc(CC(C)C)nn2C)CCNC1. The van der Waals surface area contributed by atoms with Crippen molar-refractivity contribution in [2.75, 3.05) is 13.1 Å². The third-order valence-corrected chi connectivity index (χ3v) is 3.79. The largest absolute Gasteiger partial charge is 0.316 e. The monoisotopic (exact) mass is 236 g/mol. The summed E-state index contributed by atoms with van der Waals surface area (Å²) in [5.74, 6) is 2.78. The van der Waals surface area contributed by atoms with Crippen LogP contribution in [0.15, 0.2) is 0 Å². The maximum absolute atomic E-state index is 4.79. The lowest BCUT2D eigenvalue weighted by molar-refractivity contribution is 0.405. The normalized spacial score (nSPS) is 24.8. The molecule has 1 atom stereocenters. The second-order valence-corrected chi connectivity index (χ2v) is 5.63. The van der Waals surface area contributed by atoms with Crippen LogP contribution in [0.2, 0.25) is 0 Å². The Morgan fingerprint density at radius 3 is 2.76 bits per heavy atom. The van der Waals surface area contributed by atoms with E-state index < -0.39 is 0 Å². The molecule has 1 aliphatic heterocycles. The van der Waals surface area contributed by atoms with Crippen molar-refractivity contribution in [2.45, 2.75) is 45.4 Å². The van der Waals surface area contributed by atoms with Crippen molar-refractivity contribution in [2.24, 2.45) is 13.0 Å². The highest BCUT2D eigenvalue weighted by Crippen LogP contribution is 2.32. The number of rotatable bonds is 4. The predicted molar refractivity (Wildman–Crippen MR) is 69.0 cm³/mol. The Morgan fingerprint density at radius 1 is 1.47 bits per heavy atom. The van der Waals surface area contributed by atoms with E-state index in [1.807, 2.05) is 11.7 Å². The van der Waals surface area contributed by atoms with Gasteiger partial charge in [-0.3, -0.25) is 4.68 Å². The molecule has 1 unspecified atom stereocenters. The van der Waals surface area contributed by atoms with E-state index in [-0.39, 0.29) is 5.41 Å². The van der Waals surface area contributed by atoms with E-state index >= 15 is 0 Å². The average Bonchev–Trinajstić information content (AvgIpc) is 2.85. The summed E-state index contributed by atoms with van der Waals surface area (Å²) in [5.41, 5.74) is 0.205. The van der Waals surface area contributed by atoms with Crippen LogP contribution < -0.4 is 5.32 Å². The molecule has 1 aromatic rings. The van der Waals surface area contributed by atoms with Crippen LogP contribution in [-0.4, -0.2) is 27.9 Å². The van der Waals surface area contributed by atoms with Crippen LogP contribution in [0.4, 0.5) is 0 Å². The molecule has 0 aliphatic carbocycles. The third-order valence-electron chi connectivity index (χ3n) is 3.79. The number of nitrogens with one attached hydrogen (secondary N) is 1. The molecule has 17 heavy (non-hydrogen) atoms. The molecule has 0 saturated carbocycles. The highest BCUT2D eigenvalue weighted by Gasteiger charge is 2.38. The van der Waals surface area contributed by atoms with E-state index in [4.69, 9.17) is 4.98 Å². The zero-order valence-corrected chi connectivity index (χ0v) is 11.5. The number of hydrogen-bond acceptors (Lipinski definition) is 3. The Bertz CT molecular complexity index is 375. The molecule has 2 heterocycles. The van der Waals surface area contributed by atoms with Crippen molar-refractivity contribution < 1.29 is 0 Å². The predicted octanol–water partition coefficient (Wildman–Crippen LogP) is 1.65. The van der Waals surface area contributed by atoms with Gasteiger partial charge in [0, 0.05) is 25.4 Å². The Balaban J connectivity index is 2.28. The first-order valence-corrected chi connectivity index (χ1v) is 6.68. The van der Waals surface area contributed by atoms with Gasteiger partial charge in [-0.2, -0.15) is 5.10 Å². The Labute approximate surface area is 104 Å². The topological polar surface area (TPSA) is 42.7 Å². The number of nitrogens with zero attached hydrogens (tertiary/aromatic N) is 3. The Kier molecular flexibility index (Phi) is 3.52. The minimum Gasteiger partial charge on any atom is -0.316 e. The number of hydrogen-bond donors (Lipinski definition) is 1. The fourth-order valence-electron chi connectivity index (χ4n) is 2.75. The molecule has 1 saturated heterocycles. The second kappa shape index (κ2) is 4.77. The number of aryl methyl sites for hydroxylation is 1. The molecule has 1 aromatic heterocycles. The van der Waals surface area contributed by atoms with Gasteiger partial charge in [0.15, 0.2) is 5.82 Å². The Morgan fingerprint density at radius 2 is 2.24 bits per heavy atom. The zero-order valence-electron chi connectivity index (χ0n) is 11.5. The molecule has 0 bridgehead atoms. The van der Waals surface area contributed by atoms with Gasteiger partial charge in [0.25, 0.3) is 0 Å². The summed E-state index contributed by atoms with van der Waals surface area (Å²) < 4.78 is 1.99. The molecule has 0 aromatic carbocycles. The average molecular weight is 236 g/mol. The molecule has 96 valence electrons. The quantitative estimate of drug-likeness (QED) is 0.864. The van der Waals surface area contributed by atoms with Crippen LogP contribution in [-0.2, 0) is 18.9 Å². The molecule has 4 heteroatoms. The smallest absolute Gasteiger partial charge is 0.151 e. The molecule has 1 fully saturated rings. The highest BCUT2D eigenvalue weighted by molar-refractivity contribution is 5.13. The molecule has 0 amide bonds. The summed E-state index contributed by atoms with van der Waals surface area (Å²) >= 11 is 0. The molecule has 2 rings (SSSR count). The van der Waals surface area contributed by atoms with Crippen LogP contribution in [0.3, 0.4) is 0 Å². The van der Waals surface area contributed by atoms with Crippen LogP contribution >= 0.6 is 0 Å². The van der Waals surface area contributed by atoms with Crippen molar-refractivity contribution in [1.82, 2.24) is 20.1 Å². The van der Waals surface area contributed by atoms with Gasteiger partial charge in [0.05, 0.1) is 0 Å². The molecular weight excluding hydrogens is 212 g/mol. The van der Waals surface area contributed by atoms with Crippen molar-refractivity contribution in [3.05, 3.63) is 11.6 Å². The van der Waals surface area contributed by atoms with Gasteiger partial charge >= 0.3 is 0 Å². The van der Waals surface area contributed by atoms with Crippen molar-refractivity contribution in [3.8, 4) is 0 Å². The van der Waals surface area contributed by atoms with Gasteiger partial charge in [-0.15, -0.1) is 0 Å². The minimum atomic E-state index is 0.205. The van der Waals surface area contributed by atoms with E-state index in [1.165, 1.54) is 12.2 Å². The molecule has 4 nitrogen and oxygen atoms in total. The van der Waals surface area contributed by atoms with Gasteiger partial charge < -0.3 is 5.32 Å². The van der Waals surface area contributed by atoms with Crippen molar-refractivity contribution in [3.63, 3.8) is 0 Å². The lowest BCUT2D eigenvalue weighted by Crippen LogP contribution is -2.31. The maximum atomic E-state index is 4.79. The molecular formula is C13H24N4. The fraction of sp³-hybridized carbons (Fsp3) is 0.846. The molecule has 0 radical (unpaired) electrons. The number of aromatic nitrogens is 3. The van der Waals surface area contributed by atoms with Crippen LogP contribution in [0.25, 0.3) is 0 Å². The lowest BCUT2D eigenvalue weighted by Gasteiger charge is -2.24. The van der Waals surface area contributed by atoms with E-state index in [0.717, 1.165) is 31.8 Å². The summed E-state index contributed by atoms with van der Waals surface area (Å²) in [6.45, 7) is 8.81. The zero-order chi connectivity index (χ0) is 12.5. The minimum absolute atomic E-state index is 0.205. The van der Waals surface area contributed by atoms with Gasteiger partial charge in [-0.25, -0.2) is 4.98 Å². The van der Waals surface area contributed by atoms with Crippen LogP contribution in [0.1, 0.15) is 45.3 Å². The first-order chi connectivity index (χ1) is 8.07. The van der Waals surface area contributed by atoms with Crippen molar-refractivity contribution in [1.29, 1.82) is 0 Å². The Hall–Kier alpha value is -0.900.